The molecule has 4 rings (SSSR count). The second-order valence-electron chi connectivity index (χ2n) is 7.16. The number of benzene rings is 2. The Morgan fingerprint density at radius 1 is 1.19 bits per heavy atom. The molecule has 11 heteroatoms. The highest BCUT2D eigenvalue weighted by molar-refractivity contribution is 7.98. The van der Waals surface area contributed by atoms with Gasteiger partial charge in [-0.15, -0.1) is 11.8 Å². The number of rotatable bonds is 5. The molecule has 2 aromatic carbocycles. The van der Waals surface area contributed by atoms with E-state index in [1.54, 1.807) is 23.9 Å². The van der Waals surface area contributed by atoms with Gasteiger partial charge in [-0.1, -0.05) is 0 Å². The summed E-state index contributed by atoms with van der Waals surface area (Å²) in [4.78, 5) is 31.8. The summed E-state index contributed by atoms with van der Waals surface area (Å²) in [5.41, 5.74) is -0.0663. The smallest absolute Gasteiger partial charge is 0.324 e. The second-order valence-corrected chi connectivity index (χ2v) is 8.04. The Balaban J connectivity index is 1.56. The van der Waals surface area contributed by atoms with Gasteiger partial charge in [0.25, 0.3) is 0 Å². The van der Waals surface area contributed by atoms with Gasteiger partial charge < -0.3 is 10.2 Å². The number of amides is 2. The lowest BCUT2D eigenvalue weighted by Crippen LogP contribution is -2.28. The molecule has 3 aromatic rings. The van der Waals surface area contributed by atoms with E-state index in [1.807, 2.05) is 18.4 Å². The normalized spacial score (nSPS) is 16.4. The van der Waals surface area contributed by atoms with Gasteiger partial charge >= 0.3 is 6.18 Å². The molecule has 0 radical (unpaired) electrons. The molecule has 166 valence electrons. The van der Waals surface area contributed by atoms with Crippen molar-refractivity contribution in [3.8, 4) is 5.69 Å². The number of nitrogens with zero attached hydrogens (tertiary/aromatic N) is 4. The molecule has 32 heavy (non-hydrogen) atoms. The third kappa shape index (κ3) is 4.47. The first-order chi connectivity index (χ1) is 15.3. The molecule has 1 aliphatic heterocycles. The van der Waals surface area contributed by atoms with Crippen LogP contribution in [0, 0.1) is 5.92 Å². The van der Waals surface area contributed by atoms with E-state index in [0.29, 0.717) is 5.69 Å². The molecule has 2 heterocycles. The van der Waals surface area contributed by atoms with E-state index >= 15 is 0 Å². The van der Waals surface area contributed by atoms with Crippen molar-refractivity contribution >= 4 is 35.0 Å². The van der Waals surface area contributed by atoms with Gasteiger partial charge in [0.15, 0.2) is 0 Å². The fraction of sp³-hybridized carbons (Fsp3) is 0.238. The van der Waals surface area contributed by atoms with Gasteiger partial charge in [-0.05, 0) is 48.7 Å². The largest absolute Gasteiger partial charge is 0.416 e. The van der Waals surface area contributed by atoms with Gasteiger partial charge in [-0.2, -0.15) is 18.3 Å². The minimum atomic E-state index is -4.58. The van der Waals surface area contributed by atoms with E-state index in [9.17, 15) is 22.8 Å². The summed E-state index contributed by atoms with van der Waals surface area (Å²) in [5, 5.41) is 6.48. The van der Waals surface area contributed by atoms with Crippen LogP contribution in [0.5, 0.6) is 0 Å². The van der Waals surface area contributed by atoms with E-state index in [1.165, 1.54) is 28.3 Å². The summed E-state index contributed by atoms with van der Waals surface area (Å²) < 4.78 is 40.9. The Kier molecular flexibility index (Phi) is 5.92. The Morgan fingerprint density at radius 3 is 2.56 bits per heavy atom. The fourth-order valence-corrected chi connectivity index (χ4v) is 3.88. The monoisotopic (exact) mass is 461 g/mol. The van der Waals surface area contributed by atoms with Gasteiger partial charge in [-0.3, -0.25) is 9.59 Å². The molecule has 0 spiro atoms. The number of nitrogens with one attached hydrogen (secondary N) is 1. The van der Waals surface area contributed by atoms with Crippen molar-refractivity contribution in [3.05, 3.63) is 60.7 Å². The highest BCUT2D eigenvalue weighted by Gasteiger charge is 2.36. The number of carbonyl (C=O) groups is 2. The van der Waals surface area contributed by atoms with Crippen LogP contribution >= 0.6 is 11.8 Å². The third-order valence-corrected chi connectivity index (χ3v) is 5.87. The number of hydrogen-bond acceptors (Lipinski definition) is 5. The molecule has 1 aliphatic rings. The summed E-state index contributed by atoms with van der Waals surface area (Å²) >= 11 is 1.57. The molecule has 1 fully saturated rings. The summed E-state index contributed by atoms with van der Waals surface area (Å²) in [6.45, 7) is 0.140. The van der Waals surface area contributed by atoms with Crippen molar-refractivity contribution in [1.82, 2.24) is 14.8 Å². The van der Waals surface area contributed by atoms with Crippen LogP contribution in [0.2, 0.25) is 0 Å². The van der Waals surface area contributed by atoms with E-state index in [4.69, 9.17) is 0 Å². The first-order valence-corrected chi connectivity index (χ1v) is 10.8. The average Bonchev–Trinajstić information content (AvgIpc) is 3.43. The lowest BCUT2D eigenvalue weighted by Gasteiger charge is -2.18. The Morgan fingerprint density at radius 2 is 1.94 bits per heavy atom. The van der Waals surface area contributed by atoms with Gasteiger partial charge in [0.05, 0.1) is 22.9 Å². The van der Waals surface area contributed by atoms with Crippen molar-refractivity contribution in [2.75, 3.05) is 23.0 Å². The van der Waals surface area contributed by atoms with Crippen LogP contribution in [0.25, 0.3) is 5.69 Å². The maximum Gasteiger partial charge on any atom is 0.416 e. The van der Waals surface area contributed by atoms with Gasteiger partial charge in [0, 0.05) is 23.5 Å². The number of alkyl halides is 3. The molecule has 1 atom stereocenters. The Bertz CT molecular complexity index is 1130. The van der Waals surface area contributed by atoms with Gasteiger partial charge in [0.2, 0.25) is 11.8 Å². The molecule has 1 N–H and O–H groups in total. The van der Waals surface area contributed by atoms with Crippen molar-refractivity contribution in [1.29, 1.82) is 0 Å². The van der Waals surface area contributed by atoms with Crippen LogP contribution in [0.4, 0.5) is 24.5 Å². The maximum atomic E-state index is 13.2. The minimum Gasteiger partial charge on any atom is -0.324 e. The highest BCUT2D eigenvalue weighted by atomic mass is 32.2. The third-order valence-electron chi connectivity index (χ3n) is 5.13. The molecule has 0 saturated carbocycles. The lowest BCUT2D eigenvalue weighted by atomic mass is 10.1. The van der Waals surface area contributed by atoms with E-state index in [0.717, 1.165) is 17.0 Å². The zero-order chi connectivity index (χ0) is 22.9. The van der Waals surface area contributed by atoms with E-state index in [2.05, 4.69) is 15.4 Å². The summed E-state index contributed by atoms with van der Waals surface area (Å²) in [6.07, 6.45) is -0.120. The van der Waals surface area contributed by atoms with Crippen molar-refractivity contribution in [3.63, 3.8) is 0 Å². The Labute approximate surface area is 185 Å². The van der Waals surface area contributed by atoms with Gasteiger partial charge in [0.1, 0.15) is 12.7 Å². The summed E-state index contributed by atoms with van der Waals surface area (Å²) in [7, 11) is 0. The van der Waals surface area contributed by atoms with E-state index < -0.39 is 23.6 Å². The number of thioether (sulfide) groups is 1. The molecular formula is C21H18F3N5O2S. The number of hydrogen-bond donors (Lipinski definition) is 1. The van der Waals surface area contributed by atoms with Crippen LogP contribution in [-0.4, -0.2) is 39.4 Å². The fourth-order valence-electron chi connectivity index (χ4n) is 3.47. The minimum absolute atomic E-state index is 0.0340. The predicted octanol–water partition coefficient (Wildman–Crippen LogP) is 4.00. The molecule has 1 aromatic heterocycles. The topological polar surface area (TPSA) is 80.1 Å². The molecule has 0 aliphatic carbocycles. The second kappa shape index (κ2) is 8.65. The maximum absolute atomic E-state index is 13.2. The molecule has 1 saturated heterocycles. The number of halogens is 3. The zero-order valence-electron chi connectivity index (χ0n) is 16.8. The standard InChI is InChI=1S/C21H18F3N5O2S/c1-32-16-5-3-15(4-6-16)28-10-13(8-19(28)30)20(31)27-17-9-14(21(22,23)24)2-7-18(17)29-12-25-11-26-29/h2-7,9,11-13H,8,10H2,1H3,(H,27,31). The van der Waals surface area contributed by atoms with E-state index in [-0.39, 0.29) is 30.2 Å². The number of carbonyl (C=O) groups excluding carboxylic acids is 2. The molecule has 2 amide bonds. The highest BCUT2D eigenvalue weighted by Crippen LogP contribution is 2.34. The average molecular weight is 461 g/mol. The molecule has 7 nitrogen and oxygen atoms in total. The van der Waals surface area contributed by atoms with Crippen molar-refractivity contribution in [2.24, 2.45) is 5.92 Å². The Hall–Kier alpha value is -3.34. The van der Waals surface area contributed by atoms with Crippen LogP contribution < -0.4 is 10.2 Å². The predicted molar refractivity (Wildman–Crippen MR) is 114 cm³/mol. The molecule has 0 bridgehead atoms. The van der Waals surface area contributed by atoms with Crippen LogP contribution in [0.15, 0.2) is 60.0 Å². The quantitative estimate of drug-likeness (QED) is 0.581. The number of aromatic nitrogens is 3. The van der Waals surface area contributed by atoms with Crippen molar-refractivity contribution in [2.45, 2.75) is 17.5 Å². The summed E-state index contributed by atoms with van der Waals surface area (Å²) in [5.74, 6) is -1.47. The first kappa shape index (κ1) is 21.9. The van der Waals surface area contributed by atoms with Crippen LogP contribution in [0.3, 0.4) is 0 Å². The molecule has 1 unspecified atom stereocenters. The van der Waals surface area contributed by atoms with Crippen molar-refractivity contribution < 1.29 is 22.8 Å². The molecular weight excluding hydrogens is 443 g/mol. The SMILES string of the molecule is CSc1ccc(N2CC(C(=O)Nc3cc(C(F)(F)F)ccc3-n3cncn3)CC2=O)cc1. The zero-order valence-corrected chi connectivity index (χ0v) is 17.7. The van der Waals surface area contributed by atoms with Crippen LogP contribution in [0.1, 0.15) is 12.0 Å². The van der Waals surface area contributed by atoms with Gasteiger partial charge in [-0.25, -0.2) is 9.67 Å². The summed E-state index contributed by atoms with van der Waals surface area (Å²) in [6, 6.07) is 10.4. The first-order valence-electron chi connectivity index (χ1n) is 9.58. The van der Waals surface area contributed by atoms with Crippen LogP contribution in [-0.2, 0) is 15.8 Å². The number of anilines is 2. The lowest BCUT2D eigenvalue weighted by molar-refractivity contribution is -0.137.